The summed E-state index contributed by atoms with van der Waals surface area (Å²) in [5, 5.41) is 17.7. The van der Waals surface area contributed by atoms with E-state index in [-0.39, 0.29) is 30.7 Å². The van der Waals surface area contributed by atoms with Gasteiger partial charge in [0.05, 0.1) is 11.6 Å². The SMILES string of the molecule is Cn1nc(C2CCC(=O)NC2=O)c2cccc(OCC(=O)Nc3cccnn3)c21. The number of fused-ring (bicyclic) bond motifs is 1. The minimum absolute atomic E-state index is 0.228. The van der Waals surface area contributed by atoms with Crippen LogP contribution in [0, 0.1) is 0 Å². The first-order chi connectivity index (χ1) is 14.0. The molecule has 1 aliphatic heterocycles. The number of benzene rings is 1. The Balaban J connectivity index is 1.55. The van der Waals surface area contributed by atoms with E-state index in [1.54, 1.807) is 36.0 Å². The van der Waals surface area contributed by atoms with E-state index in [1.165, 1.54) is 6.20 Å². The molecule has 2 N–H and O–H groups in total. The Hall–Kier alpha value is -3.82. The van der Waals surface area contributed by atoms with Crippen LogP contribution in [0.25, 0.3) is 10.9 Å². The molecule has 3 amide bonds. The van der Waals surface area contributed by atoms with Crippen molar-refractivity contribution in [2.24, 2.45) is 7.05 Å². The quantitative estimate of drug-likeness (QED) is 0.615. The predicted molar refractivity (Wildman–Crippen MR) is 102 cm³/mol. The number of nitrogens with one attached hydrogen (secondary N) is 2. The zero-order valence-corrected chi connectivity index (χ0v) is 15.6. The summed E-state index contributed by atoms with van der Waals surface area (Å²) in [7, 11) is 1.74. The molecular formula is C19H18N6O4. The number of piperidine rings is 1. The van der Waals surface area contributed by atoms with Gasteiger partial charge < -0.3 is 10.1 Å². The number of ether oxygens (including phenoxy) is 1. The molecule has 1 saturated heterocycles. The lowest BCUT2D eigenvalue weighted by Gasteiger charge is -2.19. The molecule has 0 aliphatic carbocycles. The first-order valence-electron chi connectivity index (χ1n) is 9.02. The molecule has 29 heavy (non-hydrogen) atoms. The highest BCUT2D eigenvalue weighted by Crippen LogP contribution is 2.34. The van der Waals surface area contributed by atoms with E-state index in [0.29, 0.717) is 29.2 Å². The van der Waals surface area contributed by atoms with Crippen molar-refractivity contribution in [1.82, 2.24) is 25.3 Å². The lowest BCUT2D eigenvalue weighted by atomic mass is 9.93. The molecule has 1 atom stereocenters. The van der Waals surface area contributed by atoms with Crippen LogP contribution in [0.2, 0.25) is 0 Å². The number of nitrogens with zero attached hydrogens (tertiary/aromatic N) is 4. The lowest BCUT2D eigenvalue weighted by molar-refractivity contribution is -0.134. The molecule has 0 radical (unpaired) electrons. The van der Waals surface area contributed by atoms with Crippen LogP contribution in [-0.2, 0) is 21.4 Å². The molecular weight excluding hydrogens is 376 g/mol. The van der Waals surface area contributed by atoms with Gasteiger partial charge in [0.2, 0.25) is 11.8 Å². The summed E-state index contributed by atoms with van der Waals surface area (Å²) < 4.78 is 7.32. The number of amides is 3. The van der Waals surface area contributed by atoms with Gasteiger partial charge >= 0.3 is 0 Å². The zero-order valence-electron chi connectivity index (χ0n) is 15.6. The van der Waals surface area contributed by atoms with Crippen molar-refractivity contribution in [3.63, 3.8) is 0 Å². The minimum atomic E-state index is -0.508. The maximum atomic E-state index is 12.3. The Bertz CT molecular complexity index is 1090. The van der Waals surface area contributed by atoms with Crippen LogP contribution in [-0.4, -0.2) is 44.3 Å². The molecule has 0 spiro atoms. The number of aromatic nitrogens is 4. The molecule has 1 fully saturated rings. The maximum absolute atomic E-state index is 12.3. The summed E-state index contributed by atoms with van der Waals surface area (Å²) in [4.78, 5) is 35.8. The number of rotatable bonds is 5. The van der Waals surface area contributed by atoms with E-state index < -0.39 is 5.92 Å². The Kier molecular flexibility index (Phi) is 4.90. The average Bonchev–Trinajstić information content (AvgIpc) is 3.04. The number of carbonyl (C=O) groups excluding carboxylic acids is 3. The van der Waals surface area contributed by atoms with Gasteiger partial charge in [-0.25, -0.2) is 0 Å². The third kappa shape index (κ3) is 3.77. The molecule has 10 heteroatoms. The van der Waals surface area contributed by atoms with Crippen LogP contribution in [0.3, 0.4) is 0 Å². The van der Waals surface area contributed by atoms with Crippen LogP contribution in [0.4, 0.5) is 5.82 Å². The van der Waals surface area contributed by atoms with Gasteiger partial charge in [0, 0.05) is 25.1 Å². The highest BCUT2D eigenvalue weighted by Gasteiger charge is 2.32. The van der Waals surface area contributed by atoms with Crippen molar-refractivity contribution >= 4 is 34.4 Å². The number of anilines is 1. The topological polar surface area (TPSA) is 128 Å². The number of para-hydroxylation sites is 1. The maximum Gasteiger partial charge on any atom is 0.263 e. The smallest absolute Gasteiger partial charge is 0.263 e. The Labute approximate surface area is 165 Å². The second kappa shape index (κ2) is 7.66. The van der Waals surface area contributed by atoms with E-state index in [2.05, 4.69) is 25.9 Å². The fraction of sp³-hybridized carbons (Fsp3) is 0.263. The van der Waals surface area contributed by atoms with Gasteiger partial charge in [-0.3, -0.25) is 24.4 Å². The Morgan fingerprint density at radius 2 is 2.17 bits per heavy atom. The number of hydrogen-bond acceptors (Lipinski definition) is 7. The van der Waals surface area contributed by atoms with E-state index in [1.807, 2.05) is 6.07 Å². The van der Waals surface area contributed by atoms with Crippen molar-refractivity contribution in [2.45, 2.75) is 18.8 Å². The minimum Gasteiger partial charge on any atom is -0.481 e. The van der Waals surface area contributed by atoms with Crippen molar-refractivity contribution in [2.75, 3.05) is 11.9 Å². The van der Waals surface area contributed by atoms with Crippen LogP contribution in [0.15, 0.2) is 36.5 Å². The normalized spacial score (nSPS) is 16.5. The first-order valence-corrected chi connectivity index (χ1v) is 9.02. The summed E-state index contributed by atoms with van der Waals surface area (Å²) in [6.45, 7) is -0.228. The van der Waals surface area contributed by atoms with Gasteiger partial charge in [-0.1, -0.05) is 12.1 Å². The summed E-state index contributed by atoms with van der Waals surface area (Å²) >= 11 is 0. The number of imide groups is 1. The highest BCUT2D eigenvalue weighted by molar-refractivity contribution is 6.03. The number of hydrogen-bond donors (Lipinski definition) is 2. The highest BCUT2D eigenvalue weighted by atomic mass is 16.5. The van der Waals surface area contributed by atoms with Gasteiger partial charge in [-0.2, -0.15) is 10.2 Å². The van der Waals surface area contributed by atoms with Crippen LogP contribution in [0.1, 0.15) is 24.5 Å². The second-order valence-corrected chi connectivity index (χ2v) is 6.61. The standard InChI is InChI=1S/C19H18N6O4/c1-25-18-11(17(24-25)12-7-8-15(26)22-19(12)28)4-2-5-13(18)29-10-16(27)21-14-6-3-9-20-23-14/h2-6,9,12H,7-8,10H2,1H3,(H,21,23,27)(H,22,26,28). The molecule has 1 aliphatic rings. The molecule has 148 valence electrons. The van der Waals surface area contributed by atoms with E-state index >= 15 is 0 Å². The predicted octanol–water partition coefficient (Wildman–Crippen LogP) is 0.901. The van der Waals surface area contributed by atoms with Gasteiger partial charge in [-0.15, -0.1) is 5.10 Å². The fourth-order valence-corrected chi connectivity index (χ4v) is 3.35. The van der Waals surface area contributed by atoms with Crippen molar-refractivity contribution in [1.29, 1.82) is 0 Å². The van der Waals surface area contributed by atoms with E-state index in [0.717, 1.165) is 5.39 Å². The summed E-state index contributed by atoms with van der Waals surface area (Å²) in [6, 6.07) is 8.63. The molecule has 0 saturated carbocycles. The van der Waals surface area contributed by atoms with Crippen molar-refractivity contribution in [3.8, 4) is 5.75 Å². The third-order valence-electron chi connectivity index (χ3n) is 4.62. The lowest BCUT2D eigenvalue weighted by Crippen LogP contribution is -2.39. The largest absolute Gasteiger partial charge is 0.481 e. The van der Waals surface area contributed by atoms with E-state index in [4.69, 9.17) is 4.74 Å². The zero-order chi connectivity index (χ0) is 20.4. The first kappa shape index (κ1) is 18.5. The second-order valence-electron chi connectivity index (χ2n) is 6.61. The molecule has 3 heterocycles. The van der Waals surface area contributed by atoms with Gasteiger partial charge in [0.1, 0.15) is 11.3 Å². The van der Waals surface area contributed by atoms with Crippen molar-refractivity contribution < 1.29 is 19.1 Å². The summed E-state index contributed by atoms with van der Waals surface area (Å²) in [6.07, 6.45) is 2.19. The fourth-order valence-electron chi connectivity index (χ4n) is 3.35. The molecule has 1 unspecified atom stereocenters. The summed E-state index contributed by atoms with van der Waals surface area (Å²) in [5.74, 6) is -0.715. The number of carbonyl (C=O) groups is 3. The van der Waals surface area contributed by atoms with Crippen LogP contribution in [0.5, 0.6) is 5.75 Å². The average molecular weight is 394 g/mol. The molecule has 2 aromatic heterocycles. The summed E-state index contributed by atoms with van der Waals surface area (Å²) in [5.41, 5.74) is 1.25. The van der Waals surface area contributed by atoms with Crippen LogP contribution >= 0.6 is 0 Å². The van der Waals surface area contributed by atoms with Gasteiger partial charge in [0.15, 0.2) is 12.4 Å². The van der Waals surface area contributed by atoms with Gasteiger partial charge in [0.25, 0.3) is 5.91 Å². The molecule has 3 aromatic rings. The molecule has 4 rings (SSSR count). The molecule has 1 aromatic carbocycles. The molecule has 10 nitrogen and oxygen atoms in total. The third-order valence-corrected chi connectivity index (χ3v) is 4.62. The Morgan fingerprint density at radius 3 is 2.93 bits per heavy atom. The van der Waals surface area contributed by atoms with Crippen LogP contribution < -0.4 is 15.4 Å². The number of aryl methyl sites for hydroxylation is 1. The van der Waals surface area contributed by atoms with E-state index in [9.17, 15) is 14.4 Å². The Morgan fingerprint density at radius 1 is 1.31 bits per heavy atom. The van der Waals surface area contributed by atoms with Crippen molar-refractivity contribution in [3.05, 3.63) is 42.2 Å². The molecule has 0 bridgehead atoms. The van der Waals surface area contributed by atoms with Gasteiger partial charge in [-0.05, 0) is 24.6 Å². The monoisotopic (exact) mass is 394 g/mol.